The van der Waals surface area contributed by atoms with Gasteiger partial charge in [0.25, 0.3) is 0 Å². The maximum absolute atomic E-state index is 7.42. The van der Waals surface area contributed by atoms with E-state index in [9.17, 15) is 0 Å². The standard InChI is InChI=1S/C24H37/c1-5-8-17(2)20-12-13-21-19-11-10-18-9-6-7-15-23(18,3)22(19)14-16-24(20,21)4/h17-22H,6-16H2,2-4H3/q+1/t17-,18?,19+,20-,21+,22+,23+,24-/m1/s1. The molecule has 0 aromatic heterocycles. The molecule has 4 saturated carbocycles. The third-order valence-electron chi connectivity index (χ3n) is 9.77. The third-order valence-corrected chi connectivity index (χ3v) is 9.77. The Hall–Kier alpha value is -0.220. The minimum atomic E-state index is 0.565. The van der Waals surface area contributed by atoms with Gasteiger partial charge in [-0.3, -0.25) is 0 Å². The van der Waals surface area contributed by atoms with Crippen LogP contribution in [-0.4, -0.2) is 0 Å². The first-order valence-electron chi connectivity index (χ1n) is 10.9. The van der Waals surface area contributed by atoms with Crippen LogP contribution in [0.5, 0.6) is 0 Å². The molecular weight excluding hydrogens is 288 g/mol. The van der Waals surface area contributed by atoms with Crippen LogP contribution in [0, 0.1) is 58.7 Å². The summed E-state index contributed by atoms with van der Waals surface area (Å²) in [6.45, 7) is 7.72. The van der Waals surface area contributed by atoms with E-state index in [4.69, 9.17) is 6.42 Å². The summed E-state index contributed by atoms with van der Waals surface area (Å²) >= 11 is 0. The van der Waals surface area contributed by atoms with Gasteiger partial charge in [-0.15, -0.1) is 0 Å². The van der Waals surface area contributed by atoms with Crippen LogP contribution in [-0.2, 0) is 0 Å². The molecule has 4 fully saturated rings. The second kappa shape index (κ2) is 6.19. The molecule has 0 heteroatoms. The SMILES string of the molecule is [C+]#CC[C@@H](C)[C@H]1CC[C@H]2[C@@H]3CCC4CCCC[C@]4(C)[C@H]3CC[C@]12C. The Kier molecular flexibility index (Phi) is 4.44. The van der Waals surface area contributed by atoms with Crippen molar-refractivity contribution in [2.45, 2.75) is 91.4 Å². The fraction of sp³-hybridized carbons (Fsp3) is 0.917. The first-order valence-corrected chi connectivity index (χ1v) is 10.9. The van der Waals surface area contributed by atoms with Crippen LogP contribution in [0.15, 0.2) is 0 Å². The predicted molar refractivity (Wildman–Crippen MR) is 101 cm³/mol. The van der Waals surface area contributed by atoms with E-state index in [1.165, 1.54) is 64.2 Å². The molecule has 0 bridgehead atoms. The maximum atomic E-state index is 7.42. The molecular formula is C24H37+. The van der Waals surface area contributed by atoms with Gasteiger partial charge in [0.15, 0.2) is 0 Å². The van der Waals surface area contributed by atoms with E-state index in [1.807, 2.05) is 0 Å². The van der Waals surface area contributed by atoms with Gasteiger partial charge in [0.05, 0.1) is 0 Å². The molecule has 4 aliphatic rings. The molecule has 0 aromatic carbocycles. The van der Waals surface area contributed by atoms with Crippen LogP contribution in [0.25, 0.3) is 0 Å². The van der Waals surface area contributed by atoms with E-state index in [1.54, 1.807) is 0 Å². The monoisotopic (exact) mass is 325 g/mol. The Morgan fingerprint density at radius 3 is 2.50 bits per heavy atom. The van der Waals surface area contributed by atoms with E-state index in [0.717, 1.165) is 36.0 Å². The summed E-state index contributed by atoms with van der Waals surface area (Å²) in [6, 6.07) is 0. The zero-order chi connectivity index (χ0) is 16.9. The molecule has 0 nitrogen and oxygen atoms in total. The number of hydrogen-bond acceptors (Lipinski definition) is 0. The van der Waals surface area contributed by atoms with Crippen LogP contribution in [0.3, 0.4) is 0 Å². The van der Waals surface area contributed by atoms with Crippen LogP contribution in [0.2, 0.25) is 0 Å². The van der Waals surface area contributed by atoms with Gasteiger partial charge >= 0.3 is 150 Å². The minimum absolute atomic E-state index is 0.565. The van der Waals surface area contributed by atoms with Crippen LogP contribution in [0.4, 0.5) is 0 Å². The second-order valence-electron chi connectivity index (χ2n) is 10.5. The molecule has 0 aliphatic heterocycles. The van der Waals surface area contributed by atoms with Crippen LogP contribution >= 0.6 is 0 Å². The van der Waals surface area contributed by atoms with Crippen molar-refractivity contribution in [1.82, 2.24) is 0 Å². The third kappa shape index (κ3) is 2.39. The molecule has 8 atom stereocenters. The Morgan fingerprint density at radius 1 is 0.917 bits per heavy atom. The molecule has 132 valence electrons. The van der Waals surface area contributed by atoms with Gasteiger partial charge in [0.1, 0.15) is 0 Å². The summed E-state index contributed by atoms with van der Waals surface area (Å²) in [5, 5.41) is 0. The van der Waals surface area contributed by atoms with E-state index >= 15 is 0 Å². The van der Waals surface area contributed by atoms with Crippen LogP contribution < -0.4 is 0 Å². The zero-order valence-electron chi connectivity index (χ0n) is 16.2. The molecule has 1 unspecified atom stereocenters. The van der Waals surface area contributed by atoms with Crippen molar-refractivity contribution in [1.29, 1.82) is 0 Å². The quantitative estimate of drug-likeness (QED) is 0.394. The molecule has 0 spiro atoms. The van der Waals surface area contributed by atoms with Crippen molar-refractivity contribution < 1.29 is 0 Å². The van der Waals surface area contributed by atoms with Gasteiger partial charge in [-0.05, 0) is 0 Å². The molecule has 0 radical (unpaired) electrons. The van der Waals surface area contributed by atoms with Crippen molar-refractivity contribution in [3.05, 3.63) is 6.42 Å². The van der Waals surface area contributed by atoms with E-state index in [-0.39, 0.29) is 0 Å². The number of rotatable bonds is 2. The van der Waals surface area contributed by atoms with Crippen LogP contribution in [0.1, 0.15) is 91.4 Å². The molecule has 0 aromatic rings. The molecule has 0 heterocycles. The summed E-state index contributed by atoms with van der Waals surface area (Å²) in [4.78, 5) is 0. The Balaban J connectivity index is 1.58. The van der Waals surface area contributed by atoms with Gasteiger partial charge in [-0.25, -0.2) is 0 Å². The van der Waals surface area contributed by atoms with Gasteiger partial charge in [-0.2, -0.15) is 0 Å². The zero-order valence-corrected chi connectivity index (χ0v) is 16.2. The summed E-state index contributed by atoms with van der Waals surface area (Å²) in [5.74, 6) is 8.28. The molecule has 4 rings (SSSR count). The van der Waals surface area contributed by atoms with Crippen molar-refractivity contribution in [2.75, 3.05) is 0 Å². The van der Waals surface area contributed by atoms with E-state index in [2.05, 4.69) is 26.7 Å². The fourth-order valence-electron chi connectivity index (χ4n) is 8.57. The Morgan fingerprint density at radius 2 is 1.71 bits per heavy atom. The number of fused-ring (bicyclic) bond motifs is 5. The summed E-state index contributed by atoms with van der Waals surface area (Å²) in [5.41, 5.74) is 1.24. The van der Waals surface area contributed by atoms with Crippen molar-refractivity contribution in [3.8, 4) is 5.92 Å². The first kappa shape index (κ1) is 17.2. The molecule has 24 heavy (non-hydrogen) atoms. The van der Waals surface area contributed by atoms with Crippen molar-refractivity contribution >= 4 is 0 Å². The van der Waals surface area contributed by atoms with Gasteiger partial charge in [-0.1, -0.05) is 0 Å². The van der Waals surface area contributed by atoms with Gasteiger partial charge in [0.2, 0.25) is 0 Å². The Labute approximate surface area is 150 Å². The molecule has 0 saturated heterocycles. The molecule has 0 N–H and O–H groups in total. The average molecular weight is 326 g/mol. The molecule has 4 aliphatic carbocycles. The predicted octanol–water partition coefficient (Wildman–Crippen LogP) is 6.65. The van der Waals surface area contributed by atoms with Gasteiger partial charge in [0, 0.05) is 0 Å². The summed E-state index contributed by atoms with van der Waals surface area (Å²) in [6.07, 6.45) is 23.3. The average Bonchev–Trinajstić information content (AvgIpc) is 2.92. The summed E-state index contributed by atoms with van der Waals surface area (Å²) < 4.78 is 0. The van der Waals surface area contributed by atoms with Gasteiger partial charge < -0.3 is 0 Å². The van der Waals surface area contributed by atoms with Crippen molar-refractivity contribution in [3.63, 3.8) is 0 Å². The second-order valence-corrected chi connectivity index (χ2v) is 10.5. The molecule has 0 amide bonds. The number of hydrogen-bond donors (Lipinski definition) is 0. The topological polar surface area (TPSA) is 0 Å². The summed E-state index contributed by atoms with van der Waals surface area (Å²) in [7, 11) is 0. The fourth-order valence-corrected chi connectivity index (χ4v) is 8.57. The van der Waals surface area contributed by atoms with E-state index < -0.39 is 0 Å². The Bertz CT molecular complexity index is 513. The first-order chi connectivity index (χ1) is 11.5. The normalized spacial score (nSPS) is 52.0. The van der Waals surface area contributed by atoms with Crippen molar-refractivity contribution in [2.24, 2.45) is 46.3 Å². The van der Waals surface area contributed by atoms with E-state index in [0.29, 0.717) is 16.7 Å².